The summed E-state index contributed by atoms with van der Waals surface area (Å²) in [5.74, 6) is 0.317. The SMILES string of the molecule is Cc1c[nH]c(=O)n1-c1ccc(-c2noc(C(C)NC(=O)c3n[nH]c4ccccc34)n2)cc1. The molecule has 5 rings (SSSR count). The van der Waals surface area contributed by atoms with Gasteiger partial charge in [0, 0.05) is 22.8 Å². The molecule has 0 fully saturated rings. The zero-order valence-corrected chi connectivity index (χ0v) is 17.3. The largest absolute Gasteiger partial charge is 0.339 e. The van der Waals surface area contributed by atoms with E-state index in [1.807, 2.05) is 55.5 Å². The van der Waals surface area contributed by atoms with E-state index in [0.29, 0.717) is 11.5 Å². The van der Waals surface area contributed by atoms with Crippen LogP contribution in [0, 0.1) is 6.92 Å². The molecule has 5 aromatic rings. The van der Waals surface area contributed by atoms with E-state index in [-0.39, 0.29) is 17.5 Å². The first-order valence-electron chi connectivity index (χ1n) is 9.96. The van der Waals surface area contributed by atoms with Gasteiger partial charge in [0.25, 0.3) is 5.91 Å². The van der Waals surface area contributed by atoms with Gasteiger partial charge in [-0.2, -0.15) is 10.1 Å². The van der Waals surface area contributed by atoms with Crippen LogP contribution in [0.3, 0.4) is 0 Å². The Labute approximate surface area is 181 Å². The second-order valence-corrected chi connectivity index (χ2v) is 7.39. The molecular weight excluding hydrogens is 410 g/mol. The lowest BCUT2D eigenvalue weighted by Gasteiger charge is -2.08. The number of nitrogens with zero attached hydrogens (tertiary/aromatic N) is 4. The standard InChI is InChI=1S/C22H19N7O3/c1-12-11-23-22(31)29(12)15-9-7-14(8-10-15)19-25-21(32-28-19)13(2)24-20(30)18-16-5-3-4-6-17(16)26-27-18/h3-11,13H,1-2H3,(H,23,31)(H,24,30)(H,26,27). The number of hydrogen-bond acceptors (Lipinski definition) is 6. The van der Waals surface area contributed by atoms with Crippen molar-refractivity contribution in [2.45, 2.75) is 19.9 Å². The Morgan fingerprint density at radius 2 is 1.94 bits per heavy atom. The van der Waals surface area contributed by atoms with Crippen LogP contribution in [0.1, 0.15) is 35.0 Å². The molecule has 0 saturated carbocycles. The van der Waals surface area contributed by atoms with Crippen LogP contribution in [-0.4, -0.2) is 35.8 Å². The highest BCUT2D eigenvalue weighted by atomic mass is 16.5. The average Bonchev–Trinajstić information content (AvgIpc) is 3.52. The fourth-order valence-electron chi connectivity index (χ4n) is 3.53. The van der Waals surface area contributed by atoms with Crippen LogP contribution in [0.5, 0.6) is 0 Å². The molecule has 10 nitrogen and oxygen atoms in total. The molecule has 0 aliphatic rings. The van der Waals surface area contributed by atoms with E-state index in [4.69, 9.17) is 4.52 Å². The van der Waals surface area contributed by atoms with Crippen LogP contribution in [0.4, 0.5) is 0 Å². The van der Waals surface area contributed by atoms with Gasteiger partial charge in [0.1, 0.15) is 6.04 Å². The van der Waals surface area contributed by atoms with Crippen LogP contribution >= 0.6 is 0 Å². The summed E-state index contributed by atoms with van der Waals surface area (Å²) in [5, 5.41) is 14.5. The van der Waals surface area contributed by atoms with Gasteiger partial charge in [-0.15, -0.1) is 0 Å². The van der Waals surface area contributed by atoms with E-state index in [1.165, 1.54) is 0 Å². The molecule has 0 bridgehead atoms. The second-order valence-electron chi connectivity index (χ2n) is 7.39. The molecule has 3 heterocycles. The lowest BCUT2D eigenvalue weighted by atomic mass is 10.2. The van der Waals surface area contributed by atoms with Crippen LogP contribution in [-0.2, 0) is 0 Å². The van der Waals surface area contributed by atoms with E-state index in [1.54, 1.807) is 17.7 Å². The summed E-state index contributed by atoms with van der Waals surface area (Å²) in [6.45, 7) is 3.60. The average molecular weight is 429 g/mol. The molecule has 1 amide bonds. The molecule has 160 valence electrons. The quantitative estimate of drug-likeness (QED) is 0.393. The zero-order valence-electron chi connectivity index (χ0n) is 17.3. The minimum atomic E-state index is -0.514. The van der Waals surface area contributed by atoms with Crippen LogP contribution in [0.15, 0.2) is 64.0 Å². The van der Waals surface area contributed by atoms with Crippen molar-refractivity contribution in [3.05, 3.63) is 82.5 Å². The van der Waals surface area contributed by atoms with Crippen molar-refractivity contribution in [1.82, 2.24) is 35.2 Å². The van der Waals surface area contributed by atoms with Gasteiger partial charge in [-0.25, -0.2) is 4.79 Å². The van der Waals surface area contributed by atoms with E-state index in [2.05, 4.69) is 30.6 Å². The summed E-state index contributed by atoms with van der Waals surface area (Å²) in [5.41, 5.74) is 3.14. The summed E-state index contributed by atoms with van der Waals surface area (Å²) in [6.07, 6.45) is 1.66. The second kappa shape index (κ2) is 7.65. The number of rotatable bonds is 5. The van der Waals surface area contributed by atoms with Gasteiger partial charge in [-0.3, -0.25) is 14.5 Å². The summed E-state index contributed by atoms with van der Waals surface area (Å²) >= 11 is 0. The van der Waals surface area contributed by atoms with Crippen molar-refractivity contribution in [3.63, 3.8) is 0 Å². The number of aryl methyl sites for hydroxylation is 1. The molecule has 1 unspecified atom stereocenters. The molecule has 0 spiro atoms. The van der Waals surface area contributed by atoms with Crippen LogP contribution in [0.2, 0.25) is 0 Å². The van der Waals surface area contributed by atoms with Crippen molar-refractivity contribution in [3.8, 4) is 17.1 Å². The Kier molecular flexibility index (Phi) is 4.66. The number of nitrogens with one attached hydrogen (secondary N) is 3. The third-order valence-corrected chi connectivity index (χ3v) is 5.19. The molecule has 0 radical (unpaired) electrons. The molecule has 0 aliphatic carbocycles. The molecule has 3 N–H and O–H groups in total. The molecule has 10 heteroatoms. The van der Waals surface area contributed by atoms with Gasteiger partial charge in [-0.1, -0.05) is 23.4 Å². The van der Waals surface area contributed by atoms with Gasteiger partial charge in [0.05, 0.1) is 11.2 Å². The first-order chi connectivity index (χ1) is 15.5. The fourth-order valence-corrected chi connectivity index (χ4v) is 3.53. The molecule has 32 heavy (non-hydrogen) atoms. The van der Waals surface area contributed by atoms with Crippen molar-refractivity contribution < 1.29 is 9.32 Å². The van der Waals surface area contributed by atoms with E-state index >= 15 is 0 Å². The zero-order chi connectivity index (χ0) is 22.2. The van der Waals surface area contributed by atoms with Crippen molar-refractivity contribution in [1.29, 1.82) is 0 Å². The Hall–Kier alpha value is -4.47. The molecule has 1 atom stereocenters. The third-order valence-electron chi connectivity index (χ3n) is 5.19. The molecular formula is C22H19N7O3. The maximum Gasteiger partial charge on any atom is 0.330 e. The maximum atomic E-state index is 12.7. The Morgan fingerprint density at radius 3 is 2.69 bits per heavy atom. The predicted molar refractivity (Wildman–Crippen MR) is 116 cm³/mol. The number of carbonyl (C=O) groups is 1. The fraction of sp³-hybridized carbons (Fsp3) is 0.136. The van der Waals surface area contributed by atoms with Gasteiger partial charge in [-0.05, 0) is 44.2 Å². The van der Waals surface area contributed by atoms with Crippen LogP contribution < -0.4 is 11.0 Å². The van der Waals surface area contributed by atoms with Gasteiger partial charge < -0.3 is 14.8 Å². The van der Waals surface area contributed by atoms with E-state index in [9.17, 15) is 9.59 Å². The number of aromatic nitrogens is 6. The highest BCUT2D eigenvalue weighted by Gasteiger charge is 2.21. The smallest absolute Gasteiger partial charge is 0.330 e. The molecule has 2 aromatic carbocycles. The minimum absolute atomic E-state index is 0.202. The first-order valence-corrected chi connectivity index (χ1v) is 9.96. The van der Waals surface area contributed by atoms with Crippen molar-refractivity contribution in [2.24, 2.45) is 0 Å². The van der Waals surface area contributed by atoms with Crippen molar-refractivity contribution in [2.75, 3.05) is 0 Å². The molecule has 0 aliphatic heterocycles. The number of fused-ring (bicyclic) bond motifs is 1. The summed E-state index contributed by atoms with van der Waals surface area (Å²) in [6, 6.07) is 14.1. The number of carbonyl (C=O) groups excluding carboxylic acids is 1. The monoisotopic (exact) mass is 429 g/mol. The summed E-state index contributed by atoms with van der Waals surface area (Å²) in [7, 11) is 0. The Morgan fingerprint density at radius 1 is 1.16 bits per heavy atom. The van der Waals surface area contributed by atoms with E-state index in [0.717, 1.165) is 27.8 Å². The van der Waals surface area contributed by atoms with Crippen molar-refractivity contribution >= 4 is 16.8 Å². The number of amides is 1. The van der Waals surface area contributed by atoms with Gasteiger partial charge in [0.2, 0.25) is 11.7 Å². The predicted octanol–water partition coefficient (Wildman–Crippen LogP) is 2.89. The highest BCUT2D eigenvalue weighted by Crippen LogP contribution is 2.21. The summed E-state index contributed by atoms with van der Waals surface area (Å²) < 4.78 is 6.93. The molecule has 0 saturated heterocycles. The Bertz CT molecular complexity index is 1470. The number of benzene rings is 2. The number of para-hydroxylation sites is 1. The number of H-pyrrole nitrogens is 2. The normalized spacial score (nSPS) is 12.2. The first kappa shape index (κ1) is 19.5. The van der Waals surface area contributed by atoms with Crippen LogP contribution in [0.25, 0.3) is 28.0 Å². The van der Waals surface area contributed by atoms with Gasteiger partial charge in [0.15, 0.2) is 5.69 Å². The summed E-state index contributed by atoms with van der Waals surface area (Å²) in [4.78, 5) is 31.7. The van der Waals surface area contributed by atoms with E-state index < -0.39 is 6.04 Å². The van der Waals surface area contributed by atoms with Gasteiger partial charge >= 0.3 is 5.69 Å². The number of aromatic amines is 2. The Balaban J connectivity index is 1.33. The highest BCUT2D eigenvalue weighted by molar-refractivity contribution is 6.04. The minimum Gasteiger partial charge on any atom is -0.339 e. The third kappa shape index (κ3) is 3.37. The lowest BCUT2D eigenvalue weighted by Crippen LogP contribution is -2.27. The number of hydrogen-bond donors (Lipinski definition) is 3. The topological polar surface area (TPSA) is 134 Å². The molecule has 3 aromatic heterocycles. The maximum absolute atomic E-state index is 12.7. The number of imidazole rings is 1. The lowest BCUT2D eigenvalue weighted by molar-refractivity contribution is 0.0929.